The minimum absolute atomic E-state index is 0.109. The second-order valence-electron chi connectivity index (χ2n) is 7.04. The van der Waals surface area contributed by atoms with E-state index in [1.807, 2.05) is 12.1 Å². The van der Waals surface area contributed by atoms with Gasteiger partial charge in [0.2, 0.25) is 10.0 Å². The maximum absolute atomic E-state index is 12.7. The molecule has 1 aromatic carbocycles. The number of sulfonamides is 1. The minimum Gasteiger partial charge on any atom is -0.497 e. The molecule has 0 bridgehead atoms. The Hall–Kier alpha value is -2.33. The molecule has 0 radical (unpaired) electrons. The van der Waals surface area contributed by atoms with Crippen molar-refractivity contribution in [3.63, 3.8) is 0 Å². The number of piperidine rings is 1. The summed E-state index contributed by atoms with van der Waals surface area (Å²) >= 11 is 0. The zero-order chi connectivity index (χ0) is 20.5. The van der Waals surface area contributed by atoms with Crippen molar-refractivity contribution < 1.29 is 17.9 Å². The van der Waals surface area contributed by atoms with Gasteiger partial charge in [0.15, 0.2) is 0 Å². The van der Waals surface area contributed by atoms with Gasteiger partial charge in [-0.25, -0.2) is 22.2 Å². The third-order valence-electron chi connectivity index (χ3n) is 5.04. The summed E-state index contributed by atoms with van der Waals surface area (Å²) in [6.45, 7) is 1.12. The molecule has 1 aliphatic heterocycles. The molecule has 1 aromatic heterocycles. The highest BCUT2D eigenvalue weighted by Crippen LogP contribution is 2.27. The lowest BCUT2D eigenvalue weighted by Gasteiger charge is -2.30. The number of hydrogen-bond acceptors (Lipinski definition) is 6. The summed E-state index contributed by atoms with van der Waals surface area (Å²) in [5.41, 5.74) is 0.581. The van der Waals surface area contributed by atoms with E-state index in [0.717, 1.165) is 18.4 Å². The zero-order valence-corrected chi connectivity index (χ0v) is 17.4. The molecular weight excluding hydrogens is 384 g/mol. The number of nitrogens with zero attached hydrogens (tertiary/aromatic N) is 4. The Morgan fingerprint density at radius 2 is 1.82 bits per heavy atom. The Bertz CT molecular complexity index is 989. The molecule has 1 atom stereocenters. The van der Waals surface area contributed by atoms with Crippen molar-refractivity contribution in [2.24, 2.45) is 7.05 Å². The molecule has 0 saturated carbocycles. The molecule has 2 heterocycles. The first-order chi connectivity index (χ1) is 13.2. The predicted octanol–water partition coefficient (Wildman–Crippen LogP) is 0.786. The Labute approximate surface area is 164 Å². The number of ether oxygens (including phenoxy) is 2. The van der Waals surface area contributed by atoms with Gasteiger partial charge < -0.3 is 9.47 Å². The molecule has 0 aliphatic carbocycles. The molecule has 0 N–H and O–H groups in total. The molecule has 1 unspecified atom stereocenters. The van der Waals surface area contributed by atoms with Gasteiger partial charge in [0.1, 0.15) is 17.3 Å². The van der Waals surface area contributed by atoms with Crippen molar-refractivity contribution in [3.8, 4) is 11.5 Å². The van der Waals surface area contributed by atoms with Crippen LogP contribution in [-0.2, 0) is 23.6 Å². The van der Waals surface area contributed by atoms with Crippen LogP contribution in [0.15, 0.2) is 23.0 Å². The second-order valence-corrected chi connectivity index (χ2v) is 9.02. The highest BCUT2D eigenvalue weighted by atomic mass is 32.2. The van der Waals surface area contributed by atoms with Crippen molar-refractivity contribution in [2.75, 3.05) is 33.6 Å². The standard InChI is InChI=1S/C18H26N4O5S/c1-20-17(14-6-5-7-21(12-14)28(4,24)25)19-22(18(20)23)11-13-8-15(26-2)10-16(9-13)27-3/h8-10,14H,5-7,11-12H2,1-4H3. The monoisotopic (exact) mass is 410 g/mol. The first-order valence-corrected chi connectivity index (χ1v) is 10.9. The molecule has 0 spiro atoms. The van der Waals surface area contributed by atoms with Crippen LogP contribution in [0.1, 0.15) is 30.1 Å². The van der Waals surface area contributed by atoms with E-state index in [1.54, 1.807) is 27.3 Å². The summed E-state index contributed by atoms with van der Waals surface area (Å²) in [6.07, 6.45) is 2.75. The molecular formula is C18H26N4O5S. The van der Waals surface area contributed by atoms with Crippen LogP contribution in [0.5, 0.6) is 11.5 Å². The van der Waals surface area contributed by atoms with Crippen LogP contribution in [0.3, 0.4) is 0 Å². The molecule has 9 nitrogen and oxygen atoms in total. The van der Waals surface area contributed by atoms with Crippen molar-refractivity contribution >= 4 is 10.0 Å². The Morgan fingerprint density at radius 3 is 2.39 bits per heavy atom. The van der Waals surface area contributed by atoms with Gasteiger partial charge in [-0.05, 0) is 30.5 Å². The zero-order valence-electron chi connectivity index (χ0n) is 16.6. The average molecular weight is 410 g/mol. The number of hydrogen-bond donors (Lipinski definition) is 0. The molecule has 0 amide bonds. The number of aromatic nitrogens is 3. The van der Waals surface area contributed by atoms with Gasteiger partial charge >= 0.3 is 5.69 Å². The van der Waals surface area contributed by atoms with E-state index in [4.69, 9.17) is 9.47 Å². The molecule has 1 saturated heterocycles. The van der Waals surface area contributed by atoms with E-state index in [9.17, 15) is 13.2 Å². The van der Waals surface area contributed by atoms with E-state index in [1.165, 1.54) is 19.8 Å². The Kier molecular flexibility index (Phi) is 5.80. The molecule has 154 valence electrons. The third-order valence-corrected chi connectivity index (χ3v) is 6.31. The molecule has 1 aliphatic rings. The topological polar surface area (TPSA) is 95.7 Å². The van der Waals surface area contributed by atoms with E-state index >= 15 is 0 Å². The number of methoxy groups -OCH3 is 2. The van der Waals surface area contributed by atoms with Crippen LogP contribution in [0.2, 0.25) is 0 Å². The van der Waals surface area contributed by atoms with Crippen LogP contribution in [0.4, 0.5) is 0 Å². The van der Waals surface area contributed by atoms with Crippen LogP contribution in [-0.4, -0.2) is 60.6 Å². The minimum atomic E-state index is -3.26. The summed E-state index contributed by atoms with van der Waals surface area (Å²) < 4.78 is 38.7. The van der Waals surface area contributed by atoms with Crippen LogP contribution in [0, 0.1) is 0 Å². The van der Waals surface area contributed by atoms with Crippen LogP contribution >= 0.6 is 0 Å². The lowest BCUT2D eigenvalue weighted by Crippen LogP contribution is -2.39. The highest BCUT2D eigenvalue weighted by molar-refractivity contribution is 7.88. The summed E-state index contributed by atoms with van der Waals surface area (Å²) in [5.74, 6) is 1.76. The lowest BCUT2D eigenvalue weighted by molar-refractivity contribution is 0.307. The second kappa shape index (κ2) is 7.96. The SMILES string of the molecule is COc1cc(Cn2nc(C3CCCN(S(C)(=O)=O)C3)n(C)c2=O)cc(OC)c1. The first kappa shape index (κ1) is 20.4. The molecule has 28 heavy (non-hydrogen) atoms. The maximum atomic E-state index is 12.7. The Balaban J connectivity index is 1.89. The van der Waals surface area contributed by atoms with Gasteiger partial charge in [0.25, 0.3) is 0 Å². The molecule has 3 rings (SSSR count). The summed E-state index contributed by atoms with van der Waals surface area (Å²) in [7, 11) is 1.55. The van der Waals surface area contributed by atoms with Crippen LogP contribution in [0.25, 0.3) is 0 Å². The smallest absolute Gasteiger partial charge is 0.345 e. The van der Waals surface area contributed by atoms with Crippen molar-refractivity contribution in [1.82, 2.24) is 18.7 Å². The van der Waals surface area contributed by atoms with Crippen molar-refractivity contribution in [3.05, 3.63) is 40.1 Å². The van der Waals surface area contributed by atoms with Gasteiger partial charge in [-0.1, -0.05) is 0 Å². The fraction of sp³-hybridized carbons (Fsp3) is 0.556. The summed E-state index contributed by atoms with van der Waals surface area (Å²) in [5, 5.41) is 4.52. The van der Waals surface area contributed by atoms with Crippen molar-refractivity contribution in [1.29, 1.82) is 0 Å². The fourth-order valence-corrected chi connectivity index (χ4v) is 4.46. The van der Waals surface area contributed by atoms with Gasteiger partial charge in [0, 0.05) is 32.1 Å². The Morgan fingerprint density at radius 1 is 1.18 bits per heavy atom. The number of benzene rings is 1. The van der Waals surface area contributed by atoms with E-state index in [-0.39, 0.29) is 18.2 Å². The van der Waals surface area contributed by atoms with E-state index in [0.29, 0.717) is 30.4 Å². The summed E-state index contributed by atoms with van der Waals surface area (Å²) in [4.78, 5) is 12.7. The highest BCUT2D eigenvalue weighted by Gasteiger charge is 2.30. The van der Waals surface area contributed by atoms with E-state index in [2.05, 4.69) is 5.10 Å². The predicted molar refractivity (Wildman–Crippen MR) is 105 cm³/mol. The maximum Gasteiger partial charge on any atom is 0.345 e. The van der Waals surface area contributed by atoms with Gasteiger partial charge in [-0.15, -0.1) is 0 Å². The van der Waals surface area contributed by atoms with E-state index < -0.39 is 10.0 Å². The van der Waals surface area contributed by atoms with Gasteiger partial charge in [-0.2, -0.15) is 5.10 Å². The molecule has 2 aromatic rings. The first-order valence-electron chi connectivity index (χ1n) is 9.03. The normalized spacial score (nSPS) is 18.2. The third kappa shape index (κ3) is 4.22. The van der Waals surface area contributed by atoms with Crippen LogP contribution < -0.4 is 15.2 Å². The summed E-state index contributed by atoms with van der Waals surface area (Å²) in [6, 6.07) is 5.42. The van der Waals surface area contributed by atoms with Gasteiger partial charge in [-0.3, -0.25) is 4.57 Å². The van der Waals surface area contributed by atoms with Crippen molar-refractivity contribution in [2.45, 2.75) is 25.3 Å². The van der Waals surface area contributed by atoms with Gasteiger partial charge in [0.05, 0.1) is 27.0 Å². The average Bonchev–Trinajstić information content (AvgIpc) is 2.95. The number of rotatable bonds is 6. The quantitative estimate of drug-likeness (QED) is 0.699. The lowest BCUT2D eigenvalue weighted by atomic mass is 9.99. The molecule has 10 heteroatoms. The fourth-order valence-electron chi connectivity index (χ4n) is 3.55. The largest absolute Gasteiger partial charge is 0.497 e. The molecule has 1 fully saturated rings.